The number of carboxylic acid groups (broad SMARTS) is 2. The highest BCUT2D eigenvalue weighted by molar-refractivity contribution is 5.99. The Hall–Kier alpha value is -3.29. The molecule has 3 rings (SSSR count). The number of rotatable bonds is 3. The zero-order valence-corrected chi connectivity index (χ0v) is 13.6. The van der Waals surface area contributed by atoms with Gasteiger partial charge in [0.25, 0.3) is 0 Å². The molecule has 0 amide bonds. The first kappa shape index (κ1) is 18.1. The van der Waals surface area contributed by atoms with Crippen LogP contribution in [0.4, 0.5) is 5.69 Å². The molecule has 1 aliphatic rings. The maximum absolute atomic E-state index is 9.55. The van der Waals surface area contributed by atoms with E-state index in [1.54, 1.807) is 12.4 Å². The second-order valence-electron chi connectivity index (χ2n) is 5.23. The molecule has 3 N–H and O–H groups in total. The number of hydrogen-bond donors (Lipinski definition) is 3. The van der Waals surface area contributed by atoms with E-state index in [1.165, 1.54) is 0 Å². The molecular formula is C17H18N4O4. The summed E-state index contributed by atoms with van der Waals surface area (Å²) in [6.45, 7) is 3.00. The molecule has 0 unspecified atom stereocenters. The molecule has 25 heavy (non-hydrogen) atoms. The zero-order valence-electron chi connectivity index (χ0n) is 13.6. The fourth-order valence-electron chi connectivity index (χ4n) is 2.25. The molecule has 130 valence electrons. The zero-order chi connectivity index (χ0) is 18.2. The summed E-state index contributed by atoms with van der Waals surface area (Å²) >= 11 is 0. The van der Waals surface area contributed by atoms with E-state index in [2.05, 4.69) is 27.2 Å². The van der Waals surface area contributed by atoms with Crippen molar-refractivity contribution in [1.82, 2.24) is 9.97 Å². The molecule has 0 aliphatic carbocycles. The van der Waals surface area contributed by atoms with Crippen molar-refractivity contribution < 1.29 is 19.8 Å². The molecule has 1 aromatic carbocycles. The van der Waals surface area contributed by atoms with E-state index >= 15 is 0 Å². The Labute approximate surface area is 144 Å². The highest BCUT2D eigenvalue weighted by Crippen LogP contribution is 2.23. The van der Waals surface area contributed by atoms with Crippen LogP contribution in [0.15, 0.2) is 41.7 Å². The van der Waals surface area contributed by atoms with Gasteiger partial charge in [-0.25, -0.2) is 9.59 Å². The lowest BCUT2D eigenvalue weighted by atomic mass is 10.1. The number of aliphatic imine (C=N–C) groups is 1. The summed E-state index contributed by atoms with van der Waals surface area (Å²) in [6.07, 6.45) is 6.75. The number of amidine groups is 1. The molecule has 8 nitrogen and oxygen atoms in total. The van der Waals surface area contributed by atoms with E-state index in [0.29, 0.717) is 12.2 Å². The number of aromatic nitrogens is 2. The first-order valence-corrected chi connectivity index (χ1v) is 7.62. The highest BCUT2D eigenvalue weighted by atomic mass is 16.4. The summed E-state index contributed by atoms with van der Waals surface area (Å²) in [5, 5.41) is 19.0. The molecule has 0 saturated carbocycles. The third-order valence-corrected chi connectivity index (χ3v) is 3.42. The first-order valence-electron chi connectivity index (χ1n) is 7.62. The van der Waals surface area contributed by atoms with E-state index < -0.39 is 11.9 Å². The lowest BCUT2D eigenvalue weighted by Gasteiger charge is -2.10. The van der Waals surface area contributed by atoms with Gasteiger partial charge in [0.15, 0.2) is 0 Å². The van der Waals surface area contributed by atoms with Crippen molar-refractivity contribution in [1.29, 1.82) is 0 Å². The van der Waals surface area contributed by atoms with Gasteiger partial charge in [-0.15, -0.1) is 0 Å². The average Bonchev–Trinajstić information content (AvgIpc) is 3.09. The lowest BCUT2D eigenvalue weighted by Crippen LogP contribution is -2.09. The molecule has 8 heteroatoms. The van der Waals surface area contributed by atoms with E-state index in [-0.39, 0.29) is 0 Å². The molecule has 2 aromatic rings. The second kappa shape index (κ2) is 8.53. The third-order valence-electron chi connectivity index (χ3n) is 3.42. The Kier molecular flexibility index (Phi) is 6.16. The molecular weight excluding hydrogens is 324 g/mol. The monoisotopic (exact) mass is 342 g/mol. The van der Waals surface area contributed by atoms with E-state index in [4.69, 9.17) is 10.2 Å². The number of carbonyl (C=O) groups is 2. The van der Waals surface area contributed by atoms with Crippen LogP contribution in [0, 0.1) is 6.92 Å². The number of benzene rings is 1. The molecule has 0 spiro atoms. The van der Waals surface area contributed by atoms with Crippen molar-refractivity contribution in [3.8, 4) is 0 Å². The van der Waals surface area contributed by atoms with Gasteiger partial charge in [0.1, 0.15) is 5.84 Å². The van der Waals surface area contributed by atoms with Crippen LogP contribution in [0.3, 0.4) is 0 Å². The van der Waals surface area contributed by atoms with Crippen LogP contribution in [0.5, 0.6) is 0 Å². The summed E-state index contributed by atoms with van der Waals surface area (Å²) < 4.78 is 0. The number of anilines is 1. The maximum Gasteiger partial charge on any atom is 0.328 e. The van der Waals surface area contributed by atoms with Gasteiger partial charge in [0.05, 0.1) is 11.0 Å². The van der Waals surface area contributed by atoms with Crippen LogP contribution in [0.25, 0.3) is 11.0 Å². The molecule has 0 fully saturated rings. The predicted octanol–water partition coefficient (Wildman–Crippen LogP) is 2.25. The SMILES string of the molecule is Cc1c(NC2=NCCC2)ccc2nccnc12.O=C(O)C=CC(=O)O. The smallest absolute Gasteiger partial charge is 0.328 e. The van der Waals surface area contributed by atoms with Crippen molar-refractivity contribution in [2.24, 2.45) is 4.99 Å². The van der Waals surface area contributed by atoms with Gasteiger partial charge in [-0.3, -0.25) is 15.0 Å². The Balaban J connectivity index is 0.000000242. The molecule has 1 aromatic heterocycles. The fraction of sp³-hybridized carbons (Fsp3) is 0.235. The van der Waals surface area contributed by atoms with Crippen LogP contribution < -0.4 is 5.32 Å². The van der Waals surface area contributed by atoms with Gasteiger partial charge in [-0.05, 0) is 25.5 Å². The van der Waals surface area contributed by atoms with Gasteiger partial charge in [-0.1, -0.05) is 0 Å². The van der Waals surface area contributed by atoms with Gasteiger partial charge in [0, 0.05) is 48.8 Å². The van der Waals surface area contributed by atoms with Crippen molar-refractivity contribution in [2.75, 3.05) is 11.9 Å². The Morgan fingerprint density at radius 1 is 1.12 bits per heavy atom. The van der Waals surface area contributed by atoms with E-state index in [0.717, 1.165) is 47.5 Å². The molecule has 0 atom stereocenters. The van der Waals surface area contributed by atoms with Crippen LogP contribution in [-0.4, -0.2) is 44.5 Å². The minimum atomic E-state index is -1.26. The molecule has 0 saturated heterocycles. The van der Waals surface area contributed by atoms with E-state index in [9.17, 15) is 9.59 Å². The molecule has 2 heterocycles. The van der Waals surface area contributed by atoms with Crippen LogP contribution >= 0.6 is 0 Å². The van der Waals surface area contributed by atoms with Crippen molar-refractivity contribution >= 4 is 34.5 Å². The fourth-order valence-corrected chi connectivity index (χ4v) is 2.25. The minimum Gasteiger partial charge on any atom is -0.478 e. The Morgan fingerprint density at radius 2 is 1.80 bits per heavy atom. The van der Waals surface area contributed by atoms with Gasteiger partial charge >= 0.3 is 11.9 Å². The number of aliphatic carboxylic acids is 2. The summed E-state index contributed by atoms with van der Waals surface area (Å²) in [7, 11) is 0. The van der Waals surface area contributed by atoms with E-state index in [1.807, 2.05) is 12.1 Å². The van der Waals surface area contributed by atoms with Crippen LogP contribution in [0.1, 0.15) is 18.4 Å². The summed E-state index contributed by atoms with van der Waals surface area (Å²) in [5.41, 5.74) is 4.10. The van der Waals surface area contributed by atoms with Gasteiger partial charge in [0.2, 0.25) is 0 Å². The second-order valence-corrected chi connectivity index (χ2v) is 5.23. The third kappa shape index (κ3) is 5.38. The number of nitrogens with zero attached hydrogens (tertiary/aromatic N) is 3. The number of carboxylic acids is 2. The lowest BCUT2D eigenvalue weighted by molar-refractivity contribution is -0.134. The molecule has 0 bridgehead atoms. The maximum atomic E-state index is 9.55. The average molecular weight is 342 g/mol. The number of hydrogen-bond acceptors (Lipinski definition) is 6. The number of fused-ring (bicyclic) bond motifs is 1. The summed E-state index contributed by atoms with van der Waals surface area (Å²) in [4.78, 5) is 32.2. The predicted molar refractivity (Wildman–Crippen MR) is 93.8 cm³/mol. The topological polar surface area (TPSA) is 125 Å². The van der Waals surface area contributed by atoms with Gasteiger partial charge < -0.3 is 15.5 Å². The standard InChI is InChI=1S/C13H14N4.C4H4O4/c1-9-10(17-12-3-2-6-15-12)4-5-11-13(9)16-8-7-14-11;5-3(6)1-2-4(7)8/h4-5,7-8H,2-3,6H2,1H3,(H,15,17);1-2H,(H,5,6)(H,7,8). The molecule has 0 radical (unpaired) electrons. The van der Waals surface area contributed by atoms with Crippen molar-refractivity contribution in [3.05, 3.63) is 42.2 Å². The summed E-state index contributed by atoms with van der Waals surface area (Å²) in [6, 6.07) is 4.04. The number of nitrogens with one attached hydrogen (secondary N) is 1. The summed E-state index contributed by atoms with van der Waals surface area (Å²) in [5.74, 6) is -1.43. The Bertz CT molecular complexity index is 830. The highest BCUT2D eigenvalue weighted by Gasteiger charge is 2.10. The first-order chi connectivity index (χ1) is 12.0. The number of aryl methyl sites for hydroxylation is 1. The van der Waals surface area contributed by atoms with Crippen LogP contribution in [-0.2, 0) is 9.59 Å². The molecule has 1 aliphatic heterocycles. The van der Waals surface area contributed by atoms with Crippen molar-refractivity contribution in [3.63, 3.8) is 0 Å². The van der Waals surface area contributed by atoms with Gasteiger partial charge in [-0.2, -0.15) is 0 Å². The van der Waals surface area contributed by atoms with Crippen LogP contribution in [0.2, 0.25) is 0 Å². The minimum absolute atomic E-state index is 0.558. The Morgan fingerprint density at radius 3 is 2.40 bits per heavy atom. The largest absolute Gasteiger partial charge is 0.478 e. The normalized spacial score (nSPS) is 13.2. The van der Waals surface area contributed by atoms with Crippen molar-refractivity contribution in [2.45, 2.75) is 19.8 Å². The quantitative estimate of drug-likeness (QED) is 0.731.